The number of carbonyl (C=O) groups excluding carboxylic acids is 1. The number of aromatic nitrogens is 2. The molecule has 18 heavy (non-hydrogen) atoms. The zero-order valence-electron chi connectivity index (χ0n) is 10.00. The van der Waals surface area contributed by atoms with Gasteiger partial charge in [0.25, 0.3) is 0 Å². The molecular formula is C12H13N3O2S. The van der Waals surface area contributed by atoms with Gasteiger partial charge in [-0.15, -0.1) is 11.3 Å². The third kappa shape index (κ3) is 1.92. The van der Waals surface area contributed by atoms with Crippen molar-refractivity contribution in [3.8, 4) is 10.7 Å². The van der Waals surface area contributed by atoms with Crippen LogP contribution in [0.4, 0.5) is 0 Å². The zero-order valence-corrected chi connectivity index (χ0v) is 10.8. The van der Waals surface area contributed by atoms with E-state index in [9.17, 15) is 4.79 Å². The van der Waals surface area contributed by atoms with E-state index in [2.05, 4.69) is 10.1 Å². The van der Waals surface area contributed by atoms with Gasteiger partial charge in [-0.1, -0.05) is 18.1 Å². The minimum atomic E-state index is 0.184. The van der Waals surface area contributed by atoms with E-state index < -0.39 is 0 Å². The van der Waals surface area contributed by atoms with Crippen LogP contribution in [-0.4, -0.2) is 34.0 Å². The standard InChI is InChI=1S/C12H13N3O2S/c1-2-10(16)15-6-8(7-15)12-13-11(14-17-12)9-4-3-5-18-9/h3-5,8H,2,6-7H2,1H3. The second-order valence-corrected chi connectivity index (χ2v) is 5.23. The molecule has 1 amide bonds. The molecule has 3 rings (SSSR count). The van der Waals surface area contributed by atoms with Crippen molar-refractivity contribution in [2.75, 3.05) is 13.1 Å². The van der Waals surface area contributed by atoms with Crippen molar-refractivity contribution in [3.05, 3.63) is 23.4 Å². The molecule has 2 aromatic rings. The van der Waals surface area contributed by atoms with E-state index in [0.29, 0.717) is 31.2 Å². The topological polar surface area (TPSA) is 59.2 Å². The highest BCUT2D eigenvalue weighted by Gasteiger charge is 2.34. The van der Waals surface area contributed by atoms with Crippen molar-refractivity contribution in [2.24, 2.45) is 0 Å². The number of amides is 1. The Morgan fingerprint density at radius 3 is 3.11 bits per heavy atom. The van der Waals surface area contributed by atoms with Crippen LogP contribution in [0.3, 0.4) is 0 Å². The van der Waals surface area contributed by atoms with Crippen LogP contribution in [0.1, 0.15) is 25.2 Å². The maximum atomic E-state index is 11.4. The van der Waals surface area contributed by atoms with E-state index in [1.54, 1.807) is 11.3 Å². The van der Waals surface area contributed by atoms with Crippen LogP contribution in [0.2, 0.25) is 0 Å². The number of carbonyl (C=O) groups is 1. The Labute approximate surface area is 108 Å². The first-order valence-corrected chi connectivity index (χ1v) is 6.81. The van der Waals surface area contributed by atoms with Crippen LogP contribution >= 0.6 is 11.3 Å². The van der Waals surface area contributed by atoms with Gasteiger partial charge in [0, 0.05) is 19.5 Å². The van der Waals surface area contributed by atoms with Crippen molar-refractivity contribution in [1.29, 1.82) is 0 Å². The molecular weight excluding hydrogens is 250 g/mol. The molecule has 5 nitrogen and oxygen atoms in total. The average molecular weight is 263 g/mol. The first kappa shape index (κ1) is 11.4. The summed E-state index contributed by atoms with van der Waals surface area (Å²) >= 11 is 1.59. The fraction of sp³-hybridized carbons (Fsp3) is 0.417. The summed E-state index contributed by atoms with van der Waals surface area (Å²) in [5.41, 5.74) is 0. The third-order valence-electron chi connectivity index (χ3n) is 3.07. The van der Waals surface area contributed by atoms with Gasteiger partial charge in [-0.3, -0.25) is 4.79 Å². The molecule has 6 heteroatoms. The molecule has 0 atom stereocenters. The van der Waals surface area contributed by atoms with E-state index >= 15 is 0 Å². The van der Waals surface area contributed by atoms with Gasteiger partial charge in [-0.2, -0.15) is 4.98 Å². The molecule has 0 spiro atoms. The molecule has 94 valence electrons. The molecule has 0 aliphatic carbocycles. The van der Waals surface area contributed by atoms with Crippen LogP contribution in [0.25, 0.3) is 10.7 Å². The third-order valence-corrected chi connectivity index (χ3v) is 3.94. The largest absolute Gasteiger partial charge is 0.341 e. The average Bonchev–Trinajstić information content (AvgIpc) is 2.96. The van der Waals surface area contributed by atoms with Gasteiger partial charge in [0.05, 0.1) is 10.8 Å². The molecule has 1 aliphatic rings. The van der Waals surface area contributed by atoms with Crippen LogP contribution in [-0.2, 0) is 4.79 Å². The maximum Gasteiger partial charge on any atom is 0.233 e. The van der Waals surface area contributed by atoms with Gasteiger partial charge in [0.15, 0.2) is 0 Å². The number of hydrogen-bond donors (Lipinski definition) is 0. The fourth-order valence-corrected chi connectivity index (χ4v) is 2.62. The molecule has 0 radical (unpaired) electrons. The van der Waals surface area contributed by atoms with Crippen molar-refractivity contribution < 1.29 is 9.32 Å². The minimum absolute atomic E-state index is 0.184. The molecule has 0 N–H and O–H groups in total. The minimum Gasteiger partial charge on any atom is -0.341 e. The summed E-state index contributed by atoms with van der Waals surface area (Å²) in [6.45, 7) is 3.26. The number of nitrogens with zero attached hydrogens (tertiary/aromatic N) is 3. The van der Waals surface area contributed by atoms with Gasteiger partial charge in [-0.05, 0) is 11.4 Å². The van der Waals surface area contributed by atoms with Gasteiger partial charge >= 0.3 is 0 Å². The summed E-state index contributed by atoms with van der Waals surface area (Å²) in [5, 5.41) is 5.95. The highest BCUT2D eigenvalue weighted by atomic mass is 32.1. The maximum absolute atomic E-state index is 11.4. The smallest absolute Gasteiger partial charge is 0.233 e. The molecule has 0 saturated carbocycles. The highest BCUT2D eigenvalue weighted by molar-refractivity contribution is 7.13. The first-order chi connectivity index (χ1) is 8.78. The molecule has 2 aromatic heterocycles. The predicted molar refractivity (Wildman–Crippen MR) is 67.2 cm³/mol. The van der Waals surface area contributed by atoms with Gasteiger partial charge < -0.3 is 9.42 Å². The number of thiophene rings is 1. The van der Waals surface area contributed by atoms with E-state index in [1.807, 2.05) is 29.3 Å². The van der Waals surface area contributed by atoms with Crippen LogP contribution in [0, 0.1) is 0 Å². The first-order valence-electron chi connectivity index (χ1n) is 5.93. The Bertz CT molecular complexity index is 543. The lowest BCUT2D eigenvalue weighted by Gasteiger charge is -2.36. The van der Waals surface area contributed by atoms with E-state index in [-0.39, 0.29) is 11.8 Å². The van der Waals surface area contributed by atoms with Crippen LogP contribution in [0.5, 0.6) is 0 Å². The SMILES string of the molecule is CCC(=O)N1CC(c2nc(-c3cccs3)no2)C1. The number of hydrogen-bond acceptors (Lipinski definition) is 5. The molecule has 0 unspecified atom stereocenters. The number of likely N-dealkylation sites (tertiary alicyclic amines) is 1. The van der Waals surface area contributed by atoms with E-state index in [4.69, 9.17) is 4.52 Å². The highest BCUT2D eigenvalue weighted by Crippen LogP contribution is 2.29. The van der Waals surface area contributed by atoms with Crippen LogP contribution < -0.4 is 0 Å². The van der Waals surface area contributed by atoms with E-state index in [0.717, 1.165) is 4.88 Å². The summed E-state index contributed by atoms with van der Waals surface area (Å²) < 4.78 is 5.26. The molecule has 1 aliphatic heterocycles. The summed E-state index contributed by atoms with van der Waals surface area (Å²) in [6, 6.07) is 3.92. The monoisotopic (exact) mass is 263 g/mol. The predicted octanol–water partition coefficient (Wildman–Crippen LogP) is 2.13. The Hall–Kier alpha value is -1.69. The molecule has 0 aromatic carbocycles. The van der Waals surface area contributed by atoms with Crippen molar-refractivity contribution in [2.45, 2.75) is 19.3 Å². The quantitative estimate of drug-likeness (QED) is 0.851. The second-order valence-electron chi connectivity index (χ2n) is 4.28. The van der Waals surface area contributed by atoms with Crippen molar-refractivity contribution in [1.82, 2.24) is 15.0 Å². The van der Waals surface area contributed by atoms with Gasteiger partial charge in [-0.25, -0.2) is 0 Å². The Balaban J connectivity index is 1.67. The normalized spacial score (nSPS) is 15.7. The van der Waals surface area contributed by atoms with Crippen molar-refractivity contribution in [3.63, 3.8) is 0 Å². The molecule has 0 bridgehead atoms. The summed E-state index contributed by atoms with van der Waals surface area (Å²) in [4.78, 5) is 18.6. The Kier molecular flexibility index (Phi) is 2.87. The fourth-order valence-electron chi connectivity index (χ4n) is 1.97. The summed E-state index contributed by atoms with van der Waals surface area (Å²) in [5.74, 6) is 1.66. The van der Waals surface area contributed by atoms with Crippen molar-refractivity contribution >= 4 is 17.2 Å². The molecule has 1 fully saturated rings. The lowest BCUT2D eigenvalue weighted by atomic mass is 10.00. The number of rotatable bonds is 3. The summed E-state index contributed by atoms with van der Waals surface area (Å²) in [7, 11) is 0. The van der Waals surface area contributed by atoms with E-state index in [1.165, 1.54) is 0 Å². The molecule has 1 saturated heterocycles. The Morgan fingerprint density at radius 1 is 1.61 bits per heavy atom. The lowest BCUT2D eigenvalue weighted by molar-refractivity contribution is -0.135. The summed E-state index contributed by atoms with van der Waals surface area (Å²) in [6.07, 6.45) is 0.553. The van der Waals surface area contributed by atoms with Crippen LogP contribution in [0.15, 0.2) is 22.0 Å². The molecule has 3 heterocycles. The zero-order chi connectivity index (χ0) is 12.5. The Morgan fingerprint density at radius 2 is 2.44 bits per heavy atom. The lowest BCUT2D eigenvalue weighted by Crippen LogP contribution is -2.48. The van der Waals surface area contributed by atoms with Gasteiger partial charge in [0.2, 0.25) is 17.6 Å². The second kappa shape index (κ2) is 4.53. The van der Waals surface area contributed by atoms with Gasteiger partial charge in [0.1, 0.15) is 0 Å².